The molecule has 5 nitrogen and oxygen atoms in total. The normalized spacial score (nSPS) is 17.2. The van der Waals surface area contributed by atoms with Crippen LogP contribution in [0.15, 0.2) is 18.2 Å². The summed E-state index contributed by atoms with van der Waals surface area (Å²) in [6.45, 7) is 3.94. The van der Waals surface area contributed by atoms with Crippen LogP contribution in [0.1, 0.15) is 30.9 Å². The van der Waals surface area contributed by atoms with E-state index in [0.717, 1.165) is 0 Å². The number of aromatic hydroxyl groups is 1. The first-order chi connectivity index (χ1) is 8.87. The van der Waals surface area contributed by atoms with Gasteiger partial charge in [-0.1, -0.05) is 6.07 Å². The molecule has 102 valence electrons. The van der Waals surface area contributed by atoms with Crippen LogP contribution in [0.2, 0.25) is 0 Å². The van der Waals surface area contributed by atoms with Crippen LogP contribution in [0.4, 0.5) is 0 Å². The Morgan fingerprint density at radius 2 is 2.05 bits per heavy atom. The lowest BCUT2D eigenvalue weighted by Gasteiger charge is -2.39. The van der Waals surface area contributed by atoms with Crippen LogP contribution < -0.4 is 0 Å². The summed E-state index contributed by atoms with van der Waals surface area (Å²) in [6.07, 6.45) is 0. The number of hydrogen-bond acceptors (Lipinski definition) is 4. The highest BCUT2D eigenvalue weighted by Crippen LogP contribution is 2.37. The Bertz CT molecular complexity index is 626. The first-order valence-corrected chi connectivity index (χ1v) is 7.59. The van der Waals surface area contributed by atoms with E-state index in [1.807, 2.05) is 6.07 Å². The molecule has 19 heavy (non-hydrogen) atoms. The number of rotatable bonds is 3. The molecule has 1 aliphatic rings. The van der Waals surface area contributed by atoms with Crippen LogP contribution >= 0.6 is 0 Å². The molecule has 1 N–H and O–H groups in total. The smallest absolute Gasteiger partial charge is 0.216 e. The third kappa shape index (κ3) is 2.31. The van der Waals surface area contributed by atoms with Gasteiger partial charge in [-0.2, -0.15) is 5.26 Å². The van der Waals surface area contributed by atoms with E-state index in [0.29, 0.717) is 24.2 Å². The fourth-order valence-electron chi connectivity index (χ4n) is 2.21. The minimum absolute atomic E-state index is 0.0608. The zero-order valence-corrected chi connectivity index (χ0v) is 11.7. The first-order valence-electron chi connectivity index (χ1n) is 6.09. The monoisotopic (exact) mass is 280 g/mol. The van der Waals surface area contributed by atoms with Gasteiger partial charge in [-0.3, -0.25) is 0 Å². The van der Waals surface area contributed by atoms with Crippen molar-refractivity contribution in [3.63, 3.8) is 0 Å². The van der Waals surface area contributed by atoms with Crippen molar-refractivity contribution in [1.82, 2.24) is 4.31 Å². The standard InChI is InChI=1S/C13H16N2O3S/c1-9(2)19(17,18)15-7-11(8-15)13-10(6-14)4-3-5-12(13)16/h3-5,9,11,16H,7-8H2,1-2H3. The van der Waals surface area contributed by atoms with Crippen molar-refractivity contribution in [2.75, 3.05) is 13.1 Å². The highest BCUT2D eigenvalue weighted by atomic mass is 32.2. The summed E-state index contributed by atoms with van der Waals surface area (Å²) >= 11 is 0. The Morgan fingerprint density at radius 1 is 1.42 bits per heavy atom. The van der Waals surface area contributed by atoms with E-state index in [9.17, 15) is 13.5 Å². The molecule has 0 amide bonds. The zero-order chi connectivity index (χ0) is 14.2. The van der Waals surface area contributed by atoms with Crippen LogP contribution in [0, 0.1) is 11.3 Å². The number of benzene rings is 1. The van der Waals surface area contributed by atoms with Crippen molar-refractivity contribution >= 4 is 10.0 Å². The van der Waals surface area contributed by atoms with Crippen molar-refractivity contribution in [2.45, 2.75) is 25.0 Å². The van der Waals surface area contributed by atoms with Gasteiger partial charge in [0.2, 0.25) is 10.0 Å². The summed E-state index contributed by atoms with van der Waals surface area (Å²) in [4.78, 5) is 0. The molecule has 0 radical (unpaired) electrons. The maximum Gasteiger partial charge on any atom is 0.216 e. The number of nitriles is 1. The van der Waals surface area contributed by atoms with Gasteiger partial charge in [0.1, 0.15) is 5.75 Å². The summed E-state index contributed by atoms with van der Waals surface area (Å²) in [5, 5.41) is 18.4. The molecule has 0 aromatic heterocycles. The van der Waals surface area contributed by atoms with Gasteiger partial charge in [-0.05, 0) is 26.0 Å². The molecular weight excluding hydrogens is 264 g/mol. The molecule has 0 bridgehead atoms. The molecule has 2 rings (SSSR count). The lowest BCUT2D eigenvalue weighted by atomic mass is 9.89. The number of nitrogens with zero attached hydrogens (tertiary/aromatic N) is 2. The minimum atomic E-state index is -3.24. The Hall–Kier alpha value is -1.58. The molecule has 1 saturated heterocycles. The first kappa shape index (κ1) is 13.8. The molecule has 1 aliphatic heterocycles. The highest BCUT2D eigenvalue weighted by Gasteiger charge is 2.39. The summed E-state index contributed by atoms with van der Waals surface area (Å²) in [5.41, 5.74) is 0.965. The molecule has 0 aliphatic carbocycles. The third-order valence-corrected chi connectivity index (χ3v) is 5.62. The number of sulfonamides is 1. The predicted molar refractivity (Wildman–Crippen MR) is 71.2 cm³/mol. The largest absolute Gasteiger partial charge is 0.508 e. The lowest BCUT2D eigenvalue weighted by molar-refractivity contribution is 0.257. The summed E-state index contributed by atoms with van der Waals surface area (Å²) in [6, 6.07) is 6.80. The fourth-order valence-corrected chi connectivity index (χ4v) is 3.58. The molecule has 0 saturated carbocycles. The van der Waals surface area contributed by atoms with E-state index in [4.69, 9.17) is 5.26 Å². The predicted octanol–water partition coefficient (Wildman–Crippen LogP) is 1.40. The van der Waals surface area contributed by atoms with Gasteiger partial charge in [0.05, 0.1) is 16.9 Å². The quantitative estimate of drug-likeness (QED) is 0.907. The Morgan fingerprint density at radius 3 is 2.58 bits per heavy atom. The Kier molecular flexibility index (Phi) is 3.52. The Labute approximate surface area is 113 Å². The van der Waals surface area contributed by atoms with Gasteiger partial charge in [0.15, 0.2) is 0 Å². The van der Waals surface area contributed by atoms with E-state index in [-0.39, 0.29) is 11.7 Å². The maximum atomic E-state index is 11.9. The van der Waals surface area contributed by atoms with Crippen LogP contribution in [-0.2, 0) is 10.0 Å². The van der Waals surface area contributed by atoms with Gasteiger partial charge in [0, 0.05) is 24.6 Å². The van der Waals surface area contributed by atoms with Crippen molar-refractivity contribution in [1.29, 1.82) is 5.26 Å². The molecule has 1 aromatic carbocycles. The van der Waals surface area contributed by atoms with Crippen molar-refractivity contribution in [2.24, 2.45) is 0 Å². The number of phenols is 1. The van der Waals surface area contributed by atoms with Crippen LogP contribution in [0.3, 0.4) is 0 Å². The summed E-state index contributed by atoms with van der Waals surface area (Å²) < 4.78 is 25.3. The molecule has 1 aromatic rings. The SMILES string of the molecule is CC(C)S(=O)(=O)N1CC(c2c(O)cccc2C#N)C1. The zero-order valence-electron chi connectivity index (χ0n) is 10.9. The molecule has 1 fully saturated rings. The van der Waals surface area contributed by atoms with Crippen LogP contribution in [0.5, 0.6) is 5.75 Å². The third-order valence-electron chi connectivity index (χ3n) is 3.42. The molecule has 1 heterocycles. The van der Waals surface area contributed by atoms with E-state index < -0.39 is 15.3 Å². The maximum absolute atomic E-state index is 11.9. The van der Waals surface area contributed by atoms with E-state index in [2.05, 4.69) is 0 Å². The summed E-state index contributed by atoms with van der Waals surface area (Å²) in [7, 11) is -3.24. The van der Waals surface area contributed by atoms with Gasteiger partial charge in [-0.25, -0.2) is 12.7 Å². The second-order valence-electron chi connectivity index (χ2n) is 4.96. The van der Waals surface area contributed by atoms with Gasteiger partial charge >= 0.3 is 0 Å². The van der Waals surface area contributed by atoms with Gasteiger partial charge in [-0.15, -0.1) is 0 Å². The van der Waals surface area contributed by atoms with E-state index in [1.165, 1.54) is 10.4 Å². The van der Waals surface area contributed by atoms with E-state index >= 15 is 0 Å². The summed E-state index contributed by atoms with van der Waals surface area (Å²) in [5.74, 6) is -0.0463. The van der Waals surface area contributed by atoms with Crippen LogP contribution in [0.25, 0.3) is 0 Å². The molecule has 0 spiro atoms. The van der Waals surface area contributed by atoms with Gasteiger partial charge < -0.3 is 5.11 Å². The fraction of sp³-hybridized carbons (Fsp3) is 0.462. The van der Waals surface area contributed by atoms with Crippen molar-refractivity contribution in [3.8, 4) is 11.8 Å². The highest BCUT2D eigenvalue weighted by molar-refractivity contribution is 7.89. The van der Waals surface area contributed by atoms with Crippen molar-refractivity contribution in [3.05, 3.63) is 29.3 Å². The lowest BCUT2D eigenvalue weighted by Crippen LogP contribution is -2.50. The molecule has 0 unspecified atom stereocenters. The topological polar surface area (TPSA) is 81.4 Å². The van der Waals surface area contributed by atoms with Crippen molar-refractivity contribution < 1.29 is 13.5 Å². The number of hydrogen-bond donors (Lipinski definition) is 1. The van der Waals surface area contributed by atoms with Gasteiger partial charge in [0.25, 0.3) is 0 Å². The average molecular weight is 280 g/mol. The minimum Gasteiger partial charge on any atom is -0.508 e. The molecule has 6 heteroatoms. The Balaban J connectivity index is 2.21. The van der Waals surface area contributed by atoms with Crippen LogP contribution in [-0.4, -0.2) is 36.2 Å². The second kappa shape index (κ2) is 4.83. The second-order valence-corrected chi connectivity index (χ2v) is 7.45. The van der Waals surface area contributed by atoms with E-state index in [1.54, 1.807) is 26.0 Å². The molecular formula is C13H16N2O3S. The molecule has 0 atom stereocenters. The number of phenolic OH excluding ortho intramolecular Hbond substituents is 1. The average Bonchev–Trinajstić information content (AvgIpc) is 2.28.